The molecule has 2 heterocycles. The van der Waals surface area contributed by atoms with Crippen molar-refractivity contribution in [2.75, 3.05) is 25.1 Å². The number of ether oxygens (including phenoxy) is 1. The molecule has 2 rings (SSSR count). The Bertz CT molecular complexity index is 285. The summed E-state index contributed by atoms with van der Waals surface area (Å²) in [7, 11) is 0. The Labute approximate surface area is 74.4 Å². The summed E-state index contributed by atoms with van der Waals surface area (Å²) in [5.41, 5.74) is 0. The quantitative estimate of drug-likeness (QED) is 0.738. The summed E-state index contributed by atoms with van der Waals surface area (Å²) < 4.78 is 9.35. The predicted octanol–water partition coefficient (Wildman–Crippen LogP) is 0.496. The average Bonchev–Trinajstić information content (AvgIpc) is 2.72. The summed E-state index contributed by atoms with van der Waals surface area (Å²) in [5, 5.41) is 6.55. The number of anilines is 1. The lowest BCUT2D eigenvalue weighted by molar-refractivity contribution is 0.160. The molecular formula is C7H9N3O3. The van der Waals surface area contributed by atoms with E-state index in [1.165, 1.54) is 6.26 Å². The van der Waals surface area contributed by atoms with Crippen molar-refractivity contribution in [3.8, 4) is 0 Å². The van der Waals surface area contributed by atoms with E-state index in [0.29, 0.717) is 25.6 Å². The zero-order valence-corrected chi connectivity index (χ0v) is 6.90. The molecule has 0 spiro atoms. The van der Waals surface area contributed by atoms with E-state index in [2.05, 4.69) is 15.0 Å². The molecule has 1 aliphatic heterocycles. The summed E-state index contributed by atoms with van der Waals surface area (Å²) in [6.45, 7) is 1.47. The van der Waals surface area contributed by atoms with Crippen LogP contribution in [0.4, 0.5) is 10.6 Å². The molecule has 0 bridgehead atoms. The molecule has 1 aromatic heterocycles. The first kappa shape index (κ1) is 7.90. The Morgan fingerprint density at radius 3 is 3.23 bits per heavy atom. The van der Waals surface area contributed by atoms with Crippen molar-refractivity contribution in [3.63, 3.8) is 0 Å². The normalized spacial score (nSPS) is 16.0. The van der Waals surface area contributed by atoms with Crippen LogP contribution in [-0.4, -0.2) is 36.0 Å². The van der Waals surface area contributed by atoms with Gasteiger partial charge in [-0.25, -0.2) is 4.79 Å². The molecule has 1 aliphatic rings. The van der Waals surface area contributed by atoms with E-state index < -0.39 is 0 Å². The smallest absolute Gasteiger partial charge is 0.411 e. The van der Waals surface area contributed by atoms with Gasteiger partial charge < -0.3 is 14.6 Å². The second-order valence-electron chi connectivity index (χ2n) is 2.60. The Morgan fingerprint density at radius 1 is 1.69 bits per heavy atom. The van der Waals surface area contributed by atoms with E-state index in [1.54, 1.807) is 11.0 Å². The lowest BCUT2D eigenvalue weighted by atomic mass is 10.6. The SMILES string of the molecule is O=C1OCCN1CNc1ccon1. The number of rotatable bonds is 3. The topological polar surface area (TPSA) is 67.6 Å². The van der Waals surface area contributed by atoms with Gasteiger partial charge >= 0.3 is 6.09 Å². The van der Waals surface area contributed by atoms with Gasteiger partial charge in [0.1, 0.15) is 12.9 Å². The van der Waals surface area contributed by atoms with Gasteiger partial charge in [-0.1, -0.05) is 5.16 Å². The summed E-state index contributed by atoms with van der Waals surface area (Å²) >= 11 is 0. The summed E-state index contributed by atoms with van der Waals surface area (Å²) in [6, 6.07) is 1.68. The third kappa shape index (κ3) is 1.71. The number of hydrogen-bond donors (Lipinski definition) is 1. The number of hydrogen-bond acceptors (Lipinski definition) is 5. The van der Waals surface area contributed by atoms with Crippen molar-refractivity contribution in [3.05, 3.63) is 12.3 Å². The summed E-state index contributed by atoms with van der Waals surface area (Å²) in [5.74, 6) is 0.611. The molecule has 1 fully saturated rings. The number of cyclic esters (lactones) is 1. The van der Waals surface area contributed by atoms with E-state index in [0.717, 1.165) is 0 Å². The van der Waals surface area contributed by atoms with Crippen molar-refractivity contribution >= 4 is 11.9 Å². The van der Waals surface area contributed by atoms with Crippen LogP contribution in [0.15, 0.2) is 16.9 Å². The van der Waals surface area contributed by atoms with E-state index in [4.69, 9.17) is 4.74 Å². The van der Waals surface area contributed by atoms with Crippen LogP contribution in [0.1, 0.15) is 0 Å². The molecule has 1 aromatic rings. The van der Waals surface area contributed by atoms with E-state index >= 15 is 0 Å². The molecule has 1 amide bonds. The molecule has 6 heteroatoms. The fourth-order valence-corrected chi connectivity index (χ4v) is 1.05. The molecule has 1 N–H and O–H groups in total. The fraction of sp³-hybridized carbons (Fsp3) is 0.429. The maximum absolute atomic E-state index is 11.0. The number of amides is 1. The Kier molecular flexibility index (Phi) is 2.03. The van der Waals surface area contributed by atoms with Gasteiger partial charge in [0.2, 0.25) is 0 Å². The van der Waals surface area contributed by atoms with Crippen LogP contribution >= 0.6 is 0 Å². The van der Waals surface area contributed by atoms with Crippen LogP contribution in [0.25, 0.3) is 0 Å². The highest BCUT2D eigenvalue weighted by molar-refractivity contribution is 5.69. The highest BCUT2D eigenvalue weighted by Gasteiger charge is 2.21. The molecule has 0 aliphatic carbocycles. The van der Waals surface area contributed by atoms with E-state index in [1.807, 2.05) is 0 Å². The first-order chi connectivity index (χ1) is 6.36. The molecule has 0 atom stereocenters. The molecule has 0 unspecified atom stereocenters. The van der Waals surface area contributed by atoms with Crippen LogP contribution in [0.5, 0.6) is 0 Å². The molecule has 6 nitrogen and oxygen atoms in total. The standard InChI is InChI=1S/C7H9N3O3/c11-7-10(2-4-12-7)5-8-6-1-3-13-9-6/h1,3H,2,4-5H2,(H,8,9). The van der Waals surface area contributed by atoms with Gasteiger partial charge in [0, 0.05) is 6.07 Å². The monoisotopic (exact) mass is 183 g/mol. The highest BCUT2D eigenvalue weighted by atomic mass is 16.6. The number of nitrogens with one attached hydrogen (secondary N) is 1. The lowest BCUT2D eigenvalue weighted by Gasteiger charge is -2.11. The zero-order valence-electron chi connectivity index (χ0n) is 6.90. The predicted molar refractivity (Wildman–Crippen MR) is 43.0 cm³/mol. The Morgan fingerprint density at radius 2 is 2.62 bits per heavy atom. The minimum absolute atomic E-state index is 0.295. The molecule has 1 saturated heterocycles. The van der Waals surface area contributed by atoms with Crippen molar-refractivity contribution in [1.29, 1.82) is 0 Å². The van der Waals surface area contributed by atoms with Crippen LogP contribution < -0.4 is 5.32 Å². The molecular weight excluding hydrogens is 174 g/mol. The van der Waals surface area contributed by atoms with Gasteiger partial charge in [-0.05, 0) is 0 Å². The molecule has 0 radical (unpaired) electrons. The minimum atomic E-state index is -0.295. The van der Waals surface area contributed by atoms with Crippen LogP contribution in [0.2, 0.25) is 0 Å². The molecule has 0 aromatic carbocycles. The molecule has 13 heavy (non-hydrogen) atoms. The largest absolute Gasteiger partial charge is 0.447 e. The highest BCUT2D eigenvalue weighted by Crippen LogP contribution is 2.05. The molecule has 70 valence electrons. The fourth-order valence-electron chi connectivity index (χ4n) is 1.05. The third-order valence-corrected chi connectivity index (χ3v) is 1.73. The average molecular weight is 183 g/mol. The maximum atomic E-state index is 11.0. The van der Waals surface area contributed by atoms with Crippen molar-refractivity contribution in [2.45, 2.75) is 0 Å². The van der Waals surface area contributed by atoms with Gasteiger partial charge in [-0.2, -0.15) is 0 Å². The van der Waals surface area contributed by atoms with Crippen LogP contribution in [0.3, 0.4) is 0 Å². The van der Waals surface area contributed by atoms with Gasteiger partial charge in [0.15, 0.2) is 5.82 Å². The lowest BCUT2D eigenvalue weighted by Crippen LogP contribution is -2.30. The molecule has 0 saturated carbocycles. The maximum Gasteiger partial charge on any atom is 0.411 e. The number of aromatic nitrogens is 1. The number of nitrogens with zero attached hydrogens (tertiary/aromatic N) is 2. The number of carbonyl (C=O) groups is 1. The van der Waals surface area contributed by atoms with Crippen molar-refractivity contribution in [2.24, 2.45) is 0 Å². The van der Waals surface area contributed by atoms with Gasteiger partial charge in [-0.15, -0.1) is 0 Å². The Hall–Kier alpha value is -1.72. The van der Waals surface area contributed by atoms with E-state index in [-0.39, 0.29) is 6.09 Å². The third-order valence-electron chi connectivity index (χ3n) is 1.73. The minimum Gasteiger partial charge on any atom is -0.447 e. The second-order valence-corrected chi connectivity index (χ2v) is 2.60. The van der Waals surface area contributed by atoms with Gasteiger partial charge in [0.05, 0.1) is 13.2 Å². The van der Waals surface area contributed by atoms with Crippen LogP contribution in [-0.2, 0) is 4.74 Å². The van der Waals surface area contributed by atoms with Crippen molar-refractivity contribution in [1.82, 2.24) is 10.1 Å². The first-order valence-corrected chi connectivity index (χ1v) is 3.92. The summed E-state index contributed by atoms with van der Waals surface area (Å²) in [4.78, 5) is 12.5. The van der Waals surface area contributed by atoms with Gasteiger partial charge in [-0.3, -0.25) is 4.90 Å². The zero-order chi connectivity index (χ0) is 9.10. The van der Waals surface area contributed by atoms with E-state index in [9.17, 15) is 4.79 Å². The van der Waals surface area contributed by atoms with Crippen molar-refractivity contribution < 1.29 is 14.1 Å². The Balaban J connectivity index is 1.82. The second kappa shape index (κ2) is 3.34. The van der Waals surface area contributed by atoms with Crippen LogP contribution in [0, 0.1) is 0 Å². The number of carbonyl (C=O) groups excluding carboxylic acids is 1. The summed E-state index contributed by atoms with van der Waals surface area (Å²) in [6.07, 6.45) is 1.17. The first-order valence-electron chi connectivity index (χ1n) is 3.92. The van der Waals surface area contributed by atoms with Gasteiger partial charge in [0.25, 0.3) is 0 Å².